The summed E-state index contributed by atoms with van der Waals surface area (Å²) in [6, 6.07) is 7.80. The summed E-state index contributed by atoms with van der Waals surface area (Å²) in [5.74, 6) is 1.87. The van der Waals surface area contributed by atoms with Crippen molar-refractivity contribution in [2.45, 2.75) is 6.54 Å². The molecular formula is C12H19ClIN3S. The zero-order valence-electron chi connectivity index (χ0n) is 10.6. The molecule has 0 saturated carbocycles. The van der Waals surface area contributed by atoms with Crippen LogP contribution in [0.1, 0.15) is 5.56 Å². The Hall–Kier alpha value is -0.140. The average Bonchev–Trinajstić information content (AvgIpc) is 2.35. The van der Waals surface area contributed by atoms with Gasteiger partial charge in [-0.1, -0.05) is 29.8 Å². The third-order valence-electron chi connectivity index (χ3n) is 2.23. The Morgan fingerprint density at radius 2 is 2.06 bits per heavy atom. The van der Waals surface area contributed by atoms with E-state index in [4.69, 9.17) is 11.6 Å². The van der Waals surface area contributed by atoms with Crippen LogP contribution in [0.5, 0.6) is 0 Å². The number of hydrogen-bond acceptors (Lipinski definition) is 2. The average molecular weight is 400 g/mol. The van der Waals surface area contributed by atoms with Gasteiger partial charge in [-0.3, -0.25) is 4.99 Å². The highest BCUT2D eigenvalue weighted by atomic mass is 127. The van der Waals surface area contributed by atoms with Gasteiger partial charge in [-0.2, -0.15) is 11.8 Å². The van der Waals surface area contributed by atoms with Gasteiger partial charge in [0, 0.05) is 30.9 Å². The van der Waals surface area contributed by atoms with Crippen molar-refractivity contribution >= 4 is 53.3 Å². The highest BCUT2D eigenvalue weighted by Gasteiger charge is 2.00. The molecular weight excluding hydrogens is 381 g/mol. The van der Waals surface area contributed by atoms with Gasteiger partial charge >= 0.3 is 0 Å². The molecule has 0 spiro atoms. The number of nitrogens with one attached hydrogen (secondary N) is 2. The number of thioether (sulfide) groups is 1. The second-order valence-electron chi connectivity index (χ2n) is 3.44. The van der Waals surface area contributed by atoms with Gasteiger partial charge in [-0.25, -0.2) is 0 Å². The molecule has 1 rings (SSSR count). The first-order valence-corrected chi connectivity index (χ1v) is 7.22. The topological polar surface area (TPSA) is 36.4 Å². The highest BCUT2D eigenvalue weighted by Crippen LogP contribution is 2.13. The van der Waals surface area contributed by atoms with Crippen LogP contribution in [-0.2, 0) is 6.54 Å². The molecule has 0 fully saturated rings. The van der Waals surface area contributed by atoms with Crippen LogP contribution in [0.25, 0.3) is 0 Å². The van der Waals surface area contributed by atoms with Crippen LogP contribution in [0.15, 0.2) is 29.3 Å². The minimum atomic E-state index is 0. The zero-order chi connectivity index (χ0) is 12.5. The summed E-state index contributed by atoms with van der Waals surface area (Å²) >= 11 is 7.88. The maximum atomic E-state index is 6.07. The second-order valence-corrected chi connectivity index (χ2v) is 4.83. The van der Waals surface area contributed by atoms with Crippen LogP contribution in [0.4, 0.5) is 0 Å². The maximum Gasteiger partial charge on any atom is 0.191 e. The number of halogens is 2. The Bertz CT molecular complexity index is 374. The quantitative estimate of drug-likeness (QED) is 0.346. The van der Waals surface area contributed by atoms with Gasteiger partial charge in [-0.05, 0) is 17.9 Å². The summed E-state index contributed by atoms with van der Waals surface area (Å²) in [7, 11) is 1.76. The molecule has 0 aliphatic rings. The Morgan fingerprint density at radius 3 is 2.67 bits per heavy atom. The Kier molecular flexibility index (Phi) is 10.7. The molecule has 1 aromatic carbocycles. The van der Waals surface area contributed by atoms with E-state index in [1.54, 1.807) is 18.8 Å². The highest BCUT2D eigenvalue weighted by molar-refractivity contribution is 14.0. The maximum absolute atomic E-state index is 6.07. The lowest BCUT2D eigenvalue weighted by Crippen LogP contribution is -2.37. The minimum Gasteiger partial charge on any atom is -0.356 e. The fourth-order valence-corrected chi connectivity index (χ4v) is 1.82. The van der Waals surface area contributed by atoms with Crippen molar-refractivity contribution in [1.82, 2.24) is 10.6 Å². The molecule has 0 atom stereocenters. The van der Waals surface area contributed by atoms with E-state index in [2.05, 4.69) is 21.9 Å². The molecule has 0 aliphatic heterocycles. The molecule has 0 unspecified atom stereocenters. The van der Waals surface area contributed by atoms with E-state index in [0.717, 1.165) is 28.8 Å². The normalized spacial score (nSPS) is 10.7. The summed E-state index contributed by atoms with van der Waals surface area (Å²) in [6.45, 7) is 1.59. The molecule has 0 aliphatic carbocycles. The third kappa shape index (κ3) is 6.70. The molecule has 1 aromatic rings. The lowest BCUT2D eigenvalue weighted by Gasteiger charge is -2.12. The molecule has 0 radical (unpaired) electrons. The molecule has 0 heterocycles. The van der Waals surface area contributed by atoms with Crippen LogP contribution in [0, 0.1) is 0 Å². The first kappa shape index (κ1) is 17.9. The van der Waals surface area contributed by atoms with Gasteiger partial charge in [0.25, 0.3) is 0 Å². The van der Waals surface area contributed by atoms with E-state index >= 15 is 0 Å². The number of hydrogen-bond donors (Lipinski definition) is 2. The van der Waals surface area contributed by atoms with Crippen LogP contribution in [-0.4, -0.2) is 31.6 Å². The molecule has 102 valence electrons. The van der Waals surface area contributed by atoms with E-state index in [1.807, 2.05) is 24.3 Å². The van der Waals surface area contributed by atoms with Crippen LogP contribution in [0.2, 0.25) is 5.02 Å². The Labute approximate surface area is 135 Å². The van der Waals surface area contributed by atoms with Gasteiger partial charge in [0.1, 0.15) is 0 Å². The van der Waals surface area contributed by atoms with Crippen molar-refractivity contribution in [3.05, 3.63) is 34.9 Å². The predicted octanol–water partition coefficient (Wildman–Crippen LogP) is 2.99. The summed E-state index contributed by atoms with van der Waals surface area (Å²) in [4.78, 5) is 4.15. The van der Waals surface area contributed by atoms with Crippen LogP contribution >= 0.6 is 47.3 Å². The van der Waals surface area contributed by atoms with E-state index in [9.17, 15) is 0 Å². The van der Waals surface area contributed by atoms with Crippen molar-refractivity contribution in [2.75, 3.05) is 25.6 Å². The first-order chi connectivity index (χ1) is 8.27. The van der Waals surface area contributed by atoms with Crippen molar-refractivity contribution < 1.29 is 0 Å². The standard InChI is InChI=1S/C12H18ClN3S.HI/c1-14-12(15-7-8-17-2)16-9-10-5-3-4-6-11(10)13;/h3-6H,7-9H2,1-2H3,(H2,14,15,16);1H. The van der Waals surface area contributed by atoms with E-state index < -0.39 is 0 Å². The van der Waals surface area contributed by atoms with Crippen LogP contribution < -0.4 is 10.6 Å². The molecule has 0 aromatic heterocycles. The van der Waals surface area contributed by atoms with Gasteiger partial charge < -0.3 is 10.6 Å². The minimum absolute atomic E-state index is 0. The van der Waals surface area contributed by atoms with Gasteiger partial charge in [0.05, 0.1) is 0 Å². The molecule has 6 heteroatoms. The molecule has 0 saturated heterocycles. The smallest absolute Gasteiger partial charge is 0.191 e. The molecule has 18 heavy (non-hydrogen) atoms. The summed E-state index contributed by atoms with van der Waals surface area (Å²) in [5, 5.41) is 7.24. The Morgan fingerprint density at radius 1 is 1.33 bits per heavy atom. The largest absolute Gasteiger partial charge is 0.356 e. The molecule has 2 N–H and O–H groups in total. The van der Waals surface area contributed by atoms with Crippen LogP contribution in [0.3, 0.4) is 0 Å². The number of nitrogens with zero attached hydrogens (tertiary/aromatic N) is 1. The summed E-state index contributed by atoms with van der Waals surface area (Å²) < 4.78 is 0. The van der Waals surface area contributed by atoms with Crippen molar-refractivity contribution in [3.63, 3.8) is 0 Å². The number of guanidine groups is 1. The van der Waals surface area contributed by atoms with Gasteiger partial charge in [0.2, 0.25) is 0 Å². The van der Waals surface area contributed by atoms with E-state index in [-0.39, 0.29) is 24.0 Å². The zero-order valence-corrected chi connectivity index (χ0v) is 14.5. The van der Waals surface area contributed by atoms with Gasteiger partial charge in [-0.15, -0.1) is 24.0 Å². The van der Waals surface area contributed by atoms with E-state index in [0.29, 0.717) is 6.54 Å². The lowest BCUT2D eigenvalue weighted by molar-refractivity contribution is 0.833. The van der Waals surface area contributed by atoms with Crippen molar-refractivity contribution in [3.8, 4) is 0 Å². The molecule has 0 bridgehead atoms. The second kappa shape index (κ2) is 10.8. The van der Waals surface area contributed by atoms with Crippen molar-refractivity contribution in [1.29, 1.82) is 0 Å². The number of aliphatic imine (C=N–C) groups is 1. The van der Waals surface area contributed by atoms with Crippen molar-refractivity contribution in [2.24, 2.45) is 4.99 Å². The Balaban J connectivity index is 0.00000289. The fraction of sp³-hybridized carbons (Fsp3) is 0.417. The van der Waals surface area contributed by atoms with E-state index in [1.165, 1.54) is 0 Å². The predicted molar refractivity (Wildman–Crippen MR) is 93.5 cm³/mol. The molecule has 3 nitrogen and oxygen atoms in total. The number of rotatable bonds is 5. The monoisotopic (exact) mass is 399 g/mol. The summed E-state index contributed by atoms with van der Waals surface area (Å²) in [5.41, 5.74) is 1.07. The number of benzene rings is 1. The lowest BCUT2D eigenvalue weighted by atomic mass is 10.2. The SMILES string of the molecule is CN=C(NCCSC)NCc1ccccc1Cl.I. The third-order valence-corrected chi connectivity index (χ3v) is 3.21. The van der Waals surface area contributed by atoms with Gasteiger partial charge in [0.15, 0.2) is 5.96 Å². The fourth-order valence-electron chi connectivity index (χ4n) is 1.31. The summed E-state index contributed by atoms with van der Waals surface area (Å²) in [6.07, 6.45) is 2.08. The first-order valence-electron chi connectivity index (χ1n) is 5.44. The molecule has 0 amide bonds.